The molecule has 0 aliphatic heterocycles. The van der Waals surface area contributed by atoms with E-state index >= 15 is 0 Å². The Balaban J connectivity index is 1.88. The van der Waals surface area contributed by atoms with Crippen molar-refractivity contribution in [2.24, 2.45) is 0 Å². The van der Waals surface area contributed by atoms with Crippen LogP contribution in [-0.2, 0) is 4.79 Å². The Morgan fingerprint density at radius 1 is 1.14 bits per heavy atom. The van der Waals surface area contributed by atoms with Crippen molar-refractivity contribution in [3.05, 3.63) is 66.7 Å². The van der Waals surface area contributed by atoms with Crippen LogP contribution < -0.4 is 20.7 Å². The average Bonchev–Trinajstić information content (AvgIpc) is 2.71. The molecule has 148 valence electrons. The van der Waals surface area contributed by atoms with E-state index in [0.29, 0.717) is 23.6 Å². The number of carbonyl (C=O) groups excluding carboxylic acids is 2. The van der Waals surface area contributed by atoms with E-state index in [1.54, 1.807) is 42.5 Å². The molecular formula is C22H27N3O3. The first-order chi connectivity index (χ1) is 13.5. The minimum absolute atomic E-state index is 0.0915. The molecule has 0 bridgehead atoms. The first-order valence-corrected chi connectivity index (χ1v) is 9.30. The van der Waals surface area contributed by atoms with Crippen LogP contribution in [0.5, 0.6) is 5.75 Å². The molecule has 0 aliphatic carbocycles. The van der Waals surface area contributed by atoms with Gasteiger partial charge in [0.05, 0.1) is 12.2 Å². The molecule has 28 heavy (non-hydrogen) atoms. The summed E-state index contributed by atoms with van der Waals surface area (Å²) in [4.78, 5) is 24.3. The molecule has 6 nitrogen and oxygen atoms in total. The third-order valence-electron chi connectivity index (χ3n) is 4.11. The summed E-state index contributed by atoms with van der Waals surface area (Å²) in [7, 11) is 0. The number of hydrogen-bond donors (Lipinski definition) is 3. The molecule has 0 radical (unpaired) electrons. The summed E-state index contributed by atoms with van der Waals surface area (Å²) in [6.45, 7) is 8.06. The minimum Gasteiger partial charge on any atom is -0.487 e. The number of carbonyl (C=O) groups is 2. The zero-order valence-corrected chi connectivity index (χ0v) is 16.3. The van der Waals surface area contributed by atoms with Crippen LogP contribution in [0.15, 0.2) is 61.2 Å². The highest BCUT2D eigenvalue weighted by atomic mass is 16.5. The van der Waals surface area contributed by atoms with Crippen LogP contribution in [0.3, 0.4) is 0 Å². The SMILES string of the molecule is C=CCOc1ccccc1NC(=O)CNc1ccc(C(=O)NC(C)CC)cc1. The highest BCUT2D eigenvalue weighted by Gasteiger charge is 2.09. The second-order valence-electron chi connectivity index (χ2n) is 6.36. The molecule has 0 aromatic heterocycles. The molecule has 3 N–H and O–H groups in total. The van der Waals surface area contributed by atoms with Gasteiger partial charge in [-0.25, -0.2) is 0 Å². The van der Waals surface area contributed by atoms with Gasteiger partial charge in [-0.05, 0) is 49.7 Å². The maximum atomic E-state index is 12.2. The Morgan fingerprint density at radius 3 is 2.54 bits per heavy atom. The van der Waals surface area contributed by atoms with Crippen molar-refractivity contribution in [3.8, 4) is 5.75 Å². The lowest BCUT2D eigenvalue weighted by Gasteiger charge is -2.13. The predicted molar refractivity (Wildman–Crippen MR) is 113 cm³/mol. The molecule has 0 aliphatic rings. The van der Waals surface area contributed by atoms with E-state index < -0.39 is 0 Å². The normalized spacial score (nSPS) is 11.2. The number of ether oxygens (including phenoxy) is 1. The van der Waals surface area contributed by atoms with Crippen molar-refractivity contribution in [2.45, 2.75) is 26.3 Å². The second kappa shape index (κ2) is 10.8. The van der Waals surface area contributed by atoms with Gasteiger partial charge in [0.25, 0.3) is 5.91 Å². The maximum absolute atomic E-state index is 12.2. The smallest absolute Gasteiger partial charge is 0.251 e. The van der Waals surface area contributed by atoms with Crippen LogP contribution in [0.4, 0.5) is 11.4 Å². The summed E-state index contributed by atoms with van der Waals surface area (Å²) < 4.78 is 5.53. The van der Waals surface area contributed by atoms with Gasteiger partial charge < -0.3 is 20.7 Å². The van der Waals surface area contributed by atoms with Gasteiger partial charge in [0.2, 0.25) is 5.91 Å². The van der Waals surface area contributed by atoms with Gasteiger partial charge in [0.1, 0.15) is 12.4 Å². The Hall–Kier alpha value is -3.28. The van der Waals surface area contributed by atoms with E-state index in [1.165, 1.54) is 0 Å². The Labute approximate surface area is 166 Å². The number of hydrogen-bond acceptors (Lipinski definition) is 4. The first-order valence-electron chi connectivity index (χ1n) is 9.30. The van der Waals surface area contributed by atoms with E-state index in [0.717, 1.165) is 12.1 Å². The van der Waals surface area contributed by atoms with Crippen LogP contribution in [0.1, 0.15) is 30.6 Å². The molecule has 2 rings (SSSR count). The van der Waals surface area contributed by atoms with E-state index in [1.807, 2.05) is 26.0 Å². The van der Waals surface area contributed by atoms with Crippen LogP contribution in [0.2, 0.25) is 0 Å². The number of amides is 2. The largest absolute Gasteiger partial charge is 0.487 e. The molecule has 1 atom stereocenters. The molecule has 2 aromatic carbocycles. The summed E-state index contributed by atoms with van der Waals surface area (Å²) >= 11 is 0. The van der Waals surface area contributed by atoms with Crippen molar-refractivity contribution in [3.63, 3.8) is 0 Å². The monoisotopic (exact) mass is 381 g/mol. The third kappa shape index (κ3) is 6.46. The van der Waals surface area contributed by atoms with Gasteiger partial charge in [-0.1, -0.05) is 31.7 Å². The standard InChI is InChI=1S/C22H27N3O3/c1-4-14-28-20-9-7-6-8-19(20)25-21(26)15-23-18-12-10-17(11-13-18)22(27)24-16(3)5-2/h4,6-13,16,23H,1,5,14-15H2,2-3H3,(H,24,27)(H,25,26). The molecule has 0 heterocycles. The van der Waals surface area contributed by atoms with Crippen LogP contribution in [0, 0.1) is 0 Å². The number of nitrogens with one attached hydrogen (secondary N) is 3. The minimum atomic E-state index is -0.201. The molecule has 2 aromatic rings. The lowest BCUT2D eigenvalue weighted by Crippen LogP contribution is -2.31. The van der Waals surface area contributed by atoms with Crippen LogP contribution >= 0.6 is 0 Å². The van der Waals surface area contributed by atoms with E-state index in [9.17, 15) is 9.59 Å². The molecule has 2 amide bonds. The van der Waals surface area contributed by atoms with E-state index in [-0.39, 0.29) is 24.4 Å². The quantitative estimate of drug-likeness (QED) is 0.547. The summed E-state index contributed by atoms with van der Waals surface area (Å²) in [5, 5.41) is 8.79. The van der Waals surface area contributed by atoms with Crippen molar-refractivity contribution in [2.75, 3.05) is 23.8 Å². The molecule has 1 unspecified atom stereocenters. The number of benzene rings is 2. The summed E-state index contributed by atoms with van der Waals surface area (Å²) in [5.74, 6) is 0.287. The first kappa shape index (κ1) is 21.0. The van der Waals surface area contributed by atoms with Crippen molar-refractivity contribution < 1.29 is 14.3 Å². The van der Waals surface area contributed by atoms with Crippen molar-refractivity contribution in [1.82, 2.24) is 5.32 Å². The van der Waals surface area contributed by atoms with Gasteiger partial charge in [0, 0.05) is 17.3 Å². The van der Waals surface area contributed by atoms with Crippen LogP contribution in [-0.4, -0.2) is 31.0 Å². The van der Waals surface area contributed by atoms with Crippen molar-refractivity contribution >= 4 is 23.2 Å². The molecule has 0 fully saturated rings. The summed E-state index contributed by atoms with van der Waals surface area (Å²) in [6.07, 6.45) is 2.52. The van der Waals surface area contributed by atoms with Gasteiger partial charge in [-0.15, -0.1) is 0 Å². The predicted octanol–water partition coefficient (Wildman–Crippen LogP) is 3.83. The van der Waals surface area contributed by atoms with Gasteiger partial charge in [-0.2, -0.15) is 0 Å². The van der Waals surface area contributed by atoms with Gasteiger partial charge in [0.15, 0.2) is 0 Å². The zero-order valence-electron chi connectivity index (χ0n) is 16.3. The number of para-hydroxylation sites is 2. The average molecular weight is 381 g/mol. The Bertz CT molecular complexity index is 803. The molecular weight excluding hydrogens is 354 g/mol. The van der Waals surface area contributed by atoms with E-state index in [2.05, 4.69) is 22.5 Å². The van der Waals surface area contributed by atoms with Gasteiger partial charge in [-0.3, -0.25) is 9.59 Å². The fourth-order valence-corrected chi connectivity index (χ4v) is 2.37. The molecule has 6 heteroatoms. The molecule has 0 saturated carbocycles. The summed E-state index contributed by atoms with van der Waals surface area (Å²) in [5.41, 5.74) is 1.95. The number of rotatable bonds is 10. The fourth-order valence-electron chi connectivity index (χ4n) is 2.37. The Kier molecular flexibility index (Phi) is 8.09. The Morgan fingerprint density at radius 2 is 1.86 bits per heavy atom. The highest BCUT2D eigenvalue weighted by Crippen LogP contribution is 2.23. The lowest BCUT2D eigenvalue weighted by atomic mass is 10.1. The maximum Gasteiger partial charge on any atom is 0.251 e. The highest BCUT2D eigenvalue weighted by molar-refractivity contribution is 5.96. The lowest BCUT2D eigenvalue weighted by molar-refractivity contribution is -0.114. The zero-order chi connectivity index (χ0) is 20.4. The molecule has 0 spiro atoms. The number of anilines is 2. The van der Waals surface area contributed by atoms with Crippen LogP contribution in [0.25, 0.3) is 0 Å². The summed E-state index contributed by atoms with van der Waals surface area (Å²) in [6, 6.07) is 14.4. The van der Waals surface area contributed by atoms with Crippen molar-refractivity contribution in [1.29, 1.82) is 0 Å². The molecule has 0 saturated heterocycles. The third-order valence-corrected chi connectivity index (χ3v) is 4.11. The van der Waals surface area contributed by atoms with Gasteiger partial charge >= 0.3 is 0 Å². The second-order valence-corrected chi connectivity index (χ2v) is 6.36. The van der Waals surface area contributed by atoms with E-state index in [4.69, 9.17) is 4.74 Å². The topological polar surface area (TPSA) is 79.5 Å². The fraction of sp³-hybridized carbons (Fsp3) is 0.273.